The van der Waals surface area contributed by atoms with Crippen molar-refractivity contribution < 1.29 is 0 Å². The number of hydrogen-bond donors (Lipinski definition) is 2. The molecule has 2 N–H and O–H groups in total. The van der Waals surface area contributed by atoms with Crippen LogP contribution in [0.3, 0.4) is 0 Å². The largest absolute Gasteiger partial charge is 0.289 e. The molecule has 20 heavy (non-hydrogen) atoms. The molecule has 0 amide bonds. The van der Waals surface area contributed by atoms with Gasteiger partial charge in [-0.1, -0.05) is 45.0 Å². The Hall–Kier alpha value is -2.50. The lowest BCUT2D eigenvalue weighted by atomic mass is 9.87. The van der Waals surface area contributed by atoms with Crippen LogP contribution in [0.5, 0.6) is 0 Å². The molecule has 1 aromatic heterocycles. The molecule has 0 aliphatic heterocycles. The first kappa shape index (κ1) is 13.9. The molecule has 0 fully saturated rings. The zero-order valence-corrected chi connectivity index (χ0v) is 11.7. The van der Waals surface area contributed by atoms with E-state index in [1.165, 1.54) is 5.56 Å². The minimum Gasteiger partial charge on any atom is -0.289 e. The Kier molecular flexibility index (Phi) is 3.93. The van der Waals surface area contributed by atoms with Crippen molar-refractivity contribution in [2.75, 3.05) is 5.43 Å². The van der Waals surface area contributed by atoms with Crippen LogP contribution in [0, 0.1) is 0 Å². The molecule has 0 saturated heterocycles. The van der Waals surface area contributed by atoms with E-state index in [0.29, 0.717) is 0 Å². The second-order valence-corrected chi connectivity index (χ2v) is 5.42. The van der Waals surface area contributed by atoms with Crippen molar-refractivity contribution in [3.05, 3.63) is 51.9 Å². The molecule has 0 radical (unpaired) electrons. The topological polar surface area (TPSA) is 83.0 Å². The second kappa shape index (κ2) is 5.64. The molecule has 0 spiro atoms. The zero-order chi connectivity index (χ0) is 14.6. The average molecular weight is 271 g/mol. The van der Waals surface area contributed by atoms with Gasteiger partial charge in [0.25, 0.3) is 5.56 Å². The van der Waals surface area contributed by atoms with Crippen molar-refractivity contribution in [3.8, 4) is 0 Å². The summed E-state index contributed by atoms with van der Waals surface area (Å²) in [4.78, 5) is 13.5. The summed E-state index contributed by atoms with van der Waals surface area (Å²) < 4.78 is 0. The SMILES string of the molecule is CC(C)(C)c1ccc(/C=N\Nc2nncc(=O)[nH]2)cc1. The summed E-state index contributed by atoms with van der Waals surface area (Å²) in [6.07, 6.45) is 2.75. The van der Waals surface area contributed by atoms with E-state index in [1.807, 2.05) is 12.1 Å². The number of aromatic nitrogens is 3. The van der Waals surface area contributed by atoms with Gasteiger partial charge in [-0.25, -0.2) is 5.43 Å². The summed E-state index contributed by atoms with van der Waals surface area (Å²) in [6.45, 7) is 6.51. The van der Waals surface area contributed by atoms with E-state index in [9.17, 15) is 4.79 Å². The third-order valence-corrected chi connectivity index (χ3v) is 2.74. The maximum atomic E-state index is 11.0. The van der Waals surface area contributed by atoms with Crippen molar-refractivity contribution in [2.45, 2.75) is 26.2 Å². The van der Waals surface area contributed by atoms with Crippen LogP contribution in [-0.4, -0.2) is 21.4 Å². The number of nitrogens with zero attached hydrogens (tertiary/aromatic N) is 3. The van der Waals surface area contributed by atoms with Crippen LogP contribution in [0.2, 0.25) is 0 Å². The van der Waals surface area contributed by atoms with Gasteiger partial charge in [0.05, 0.1) is 6.21 Å². The normalized spacial score (nSPS) is 11.8. The summed E-state index contributed by atoms with van der Waals surface area (Å²) in [5, 5.41) is 11.2. The van der Waals surface area contributed by atoms with Gasteiger partial charge >= 0.3 is 0 Å². The van der Waals surface area contributed by atoms with Crippen LogP contribution in [-0.2, 0) is 5.41 Å². The third kappa shape index (κ3) is 3.74. The number of nitrogens with one attached hydrogen (secondary N) is 2. The summed E-state index contributed by atoms with van der Waals surface area (Å²) in [7, 11) is 0. The van der Waals surface area contributed by atoms with E-state index in [0.717, 1.165) is 11.8 Å². The van der Waals surface area contributed by atoms with Gasteiger partial charge < -0.3 is 0 Å². The van der Waals surface area contributed by atoms with Crippen molar-refractivity contribution in [1.29, 1.82) is 0 Å². The highest BCUT2D eigenvalue weighted by molar-refractivity contribution is 5.80. The van der Waals surface area contributed by atoms with E-state index < -0.39 is 0 Å². The molecular formula is C14H17N5O. The van der Waals surface area contributed by atoms with Crippen LogP contribution in [0.25, 0.3) is 0 Å². The Morgan fingerprint density at radius 1 is 1.25 bits per heavy atom. The number of hydrogen-bond acceptors (Lipinski definition) is 5. The summed E-state index contributed by atoms with van der Waals surface area (Å²) in [5.74, 6) is 0.208. The molecule has 0 aliphatic rings. The molecular weight excluding hydrogens is 254 g/mol. The number of rotatable bonds is 3. The number of anilines is 1. The lowest BCUT2D eigenvalue weighted by Crippen LogP contribution is -2.11. The highest BCUT2D eigenvalue weighted by Crippen LogP contribution is 2.21. The highest BCUT2D eigenvalue weighted by Gasteiger charge is 2.12. The van der Waals surface area contributed by atoms with Gasteiger partial charge in [-0.15, -0.1) is 10.2 Å². The molecule has 0 atom stereocenters. The first-order valence-corrected chi connectivity index (χ1v) is 6.27. The van der Waals surface area contributed by atoms with Crippen LogP contribution in [0.1, 0.15) is 31.9 Å². The Balaban J connectivity index is 2.03. The van der Waals surface area contributed by atoms with Crippen LogP contribution >= 0.6 is 0 Å². The standard InChI is InChI=1S/C14H17N5O/c1-14(2,3)11-6-4-10(5-7-11)8-15-18-13-17-12(20)9-16-19-13/h4-9H,1-3H3,(H2,17,18,19,20)/b15-8-. The summed E-state index contributed by atoms with van der Waals surface area (Å²) >= 11 is 0. The van der Waals surface area contributed by atoms with Crippen molar-refractivity contribution >= 4 is 12.2 Å². The molecule has 2 aromatic rings. The lowest BCUT2D eigenvalue weighted by Gasteiger charge is -2.18. The quantitative estimate of drug-likeness (QED) is 0.660. The fourth-order valence-corrected chi connectivity index (χ4v) is 1.60. The minimum absolute atomic E-state index is 0.132. The van der Waals surface area contributed by atoms with Gasteiger partial charge in [-0.3, -0.25) is 9.78 Å². The molecule has 2 rings (SSSR count). The fraction of sp³-hybridized carbons (Fsp3) is 0.286. The van der Waals surface area contributed by atoms with Crippen molar-refractivity contribution in [2.24, 2.45) is 5.10 Å². The second-order valence-electron chi connectivity index (χ2n) is 5.42. The van der Waals surface area contributed by atoms with Crippen LogP contribution in [0.4, 0.5) is 5.95 Å². The van der Waals surface area contributed by atoms with Gasteiger partial charge in [0.2, 0.25) is 5.95 Å². The van der Waals surface area contributed by atoms with E-state index in [1.54, 1.807) is 6.21 Å². The molecule has 6 heteroatoms. The lowest BCUT2D eigenvalue weighted by molar-refractivity contribution is 0.590. The Bertz CT molecular complexity index is 652. The Labute approximate surface area is 117 Å². The molecule has 0 bridgehead atoms. The van der Waals surface area contributed by atoms with Crippen molar-refractivity contribution in [1.82, 2.24) is 15.2 Å². The first-order valence-electron chi connectivity index (χ1n) is 6.27. The van der Waals surface area contributed by atoms with Crippen molar-refractivity contribution in [3.63, 3.8) is 0 Å². The third-order valence-electron chi connectivity index (χ3n) is 2.74. The molecule has 0 saturated carbocycles. The average Bonchev–Trinajstić information content (AvgIpc) is 2.38. The molecule has 0 aliphatic carbocycles. The highest BCUT2D eigenvalue weighted by atomic mass is 16.1. The molecule has 6 nitrogen and oxygen atoms in total. The molecule has 1 aromatic carbocycles. The molecule has 0 unspecified atom stereocenters. The Morgan fingerprint density at radius 3 is 2.55 bits per heavy atom. The smallest absolute Gasteiger partial charge is 0.271 e. The molecule has 1 heterocycles. The monoisotopic (exact) mass is 271 g/mol. The number of benzene rings is 1. The van der Waals surface area contributed by atoms with E-state index in [-0.39, 0.29) is 16.9 Å². The number of H-pyrrole nitrogens is 1. The van der Waals surface area contributed by atoms with Crippen LogP contribution in [0.15, 0.2) is 40.4 Å². The predicted molar refractivity (Wildman–Crippen MR) is 79.0 cm³/mol. The fourth-order valence-electron chi connectivity index (χ4n) is 1.60. The maximum Gasteiger partial charge on any atom is 0.271 e. The van der Waals surface area contributed by atoms with Gasteiger partial charge in [0.1, 0.15) is 6.20 Å². The minimum atomic E-state index is -0.327. The summed E-state index contributed by atoms with van der Waals surface area (Å²) in [6, 6.07) is 8.13. The number of aromatic amines is 1. The predicted octanol–water partition coefficient (Wildman–Crippen LogP) is 1.91. The van der Waals surface area contributed by atoms with Crippen LogP contribution < -0.4 is 11.0 Å². The maximum absolute atomic E-state index is 11.0. The van der Waals surface area contributed by atoms with E-state index in [4.69, 9.17) is 0 Å². The first-order chi connectivity index (χ1) is 9.45. The van der Waals surface area contributed by atoms with Gasteiger partial charge in [0, 0.05) is 0 Å². The Morgan fingerprint density at radius 2 is 1.95 bits per heavy atom. The van der Waals surface area contributed by atoms with Gasteiger partial charge in [0.15, 0.2) is 0 Å². The molecule has 104 valence electrons. The van der Waals surface area contributed by atoms with E-state index in [2.05, 4.69) is 58.6 Å². The van der Waals surface area contributed by atoms with Gasteiger partial charge in [-0.05, 0) is 16.5 Å². The van der Waals surface area contributed by atoms with E-state index >= 15 is 0 Å². The number of hydrazone groups is 1. The zero-order valence-electron chi connectivity index (χ0n) is 11.7. The van der Waals surface area contributed by atoms with Gasteiger partial charge in [-0.2, -0.15) is 5.10 Å². The summed E-state index contributed by atoms with van der Waals surface area (Å²) in [5.41, 5.74) is 4.64.